The highest BCUT2D eigenvalue weighted by Crippen LogP contribution is 2.38. The Balaban J connectivity index is 1.53. The molecule has 1 aromatic rings. The van der Waals surface area contributed by atoms with E-state index in [4.69, 9.17) is 5.73 Å². The number of rotatable bonds is 5. The highest BCUT2D eigenvalue weighted by atomic mass is 16.1. The number of hydrogen-bond acceptors (Lipinski definition) is 3. The van der Waals surface area contributed by atoms with E-state index in [0.717, 1.165) is 5.82 Å². The summed E-state index contributed by atoms with van der Waals surface area (Å²) in [5, 5.41) is 2.86. The number of nitrogens with zero attached hydrogens (tertiary/aromatic N) is 1. The van der Waals surface area contributed by atoms with E-state index in [1.807, 2.05) is 0 Å². The molecule has 0 saturated heterocycles. The van der Waals surface area contributed by atoms with Crippen molar-refractivity contribution in [2.24, 2.45) is 11.7 Å². The molecule has 1 atom stereocenters. The van der Waals surface area contributed by atoms with Gasteiger partial charge in [0.1, 0.15) is 11.5 Å². The quantitative estimate of drug-likeness (QED) is 0.703. The fourth-order valence-electron chi connectivity index (χ4n) is 2.01. The summed E-state index contributed by atoms with van der Waals surface area (Å²) < 4.78 is 0. The third-order valence-corrected chi connectivity index (χ3v) is 3.53. The minimum absolute atomic E-state index is 0.0968. The average molecular weight is 234 g/mol. The highest BCUT2D eigenvalue weighted by Gasteiger charge is 2.29. The highest BCUT2D eigenvalue weighted by molar-refractivity contribution is 5.92. The van der Waals surface area contributed by atoms with Gasteiger partial charge in [-0.3, -0.25) is 4.79 Å². The van der Waals surface area contributed by atoms with E-state index in [-0.39, 0.29) is 11.9 Å². The Hall–Kier alpha value is -1.36. The number of hydrogen-bond donors (Lipinski definition) is 3. The summed E-state index contributed by atoms with van der Waals surface area (Å²) in [6.07, 6.45) is 6.38. The van der Waals surface area contributed by atoms with Gasteiger partial charge in [-0.1, -0.05) is 0 Å². The van der Waals surface area contributed by atoms with Gasteiger partial charge in [-0.15, -0.1) is 0 Å². The van der Waals surface area contributed by atoms with Crippen LogP contribution in [0.5, 0.6) is 0 Å². The van der Waals surface area contributed by atoms with Crippen molar-refractivity contribution in [2.45, 2.75) is 37.6 Å². The molecule has 1 amide bonds. The standard InChI is InChI=1S/C12H18N4O/c13-9(7-1-2-7)5-15-12(17)10-6-14-11(16-10)8-3-4-8/h6-9H,1-5,13H2,(H,14,16)(H,15,17). The Bertz CT molecular complexity index is 420. The minimum Gasteiger partial charge on any atom is -0.349 e. The lowest BCUT2D eigenvalue weighted by Gasteiger charge is -2.10. The Morgan fingerprint density at radius 1 is 1.53 bits per heavy atom. The molecule has 5 heteroatoms. The topological polar surface area (TPSA) is 83.8 Å². The van der Waals surface area contributed by atoms with Gasteiger partial charge in [0.15, 0.2) is 0 Å². The lowest BCUT2D eigenvalue weighted by Crippen LogP contribution is -2.38. The lowest BCUT2D eigenvalue weighted by atomic mass is 10.2. The van der Waals surface area contributed by atoms with Crippen molar-refractivity contribution >= 4 is 5.91 Å². The SMILES string of the molecule is NC(CNC(=O)c1cnc(C2CC2)[nH]1)C1CC1. The van der Waals surface area contributed by atoms with Crippen LogP contribution in [0.3, 0.4) is 0 Å². The van der Waals surface area contributed by atoms with Crippen molar-refractivity contribution < 1.29 is 4.79 Å². The second-order valence-corrected chi connectivity index (χ2v) is 5.17. The second kappa shape index (κ2) is 4.14. The van der Waals surface area contributed by atoms with Crippen LogP contribution in [0.15, 0.2) is 6.20 Å². The van der Waals surface area contributed by atoms with Crippen LogP contribution in [0.4, 0.5) is 0 Å². The molecule has 0 aliphatic heterocycles. The van der Waals surface area contributed by atoms with Gasteiger partial charge in [0.05, 0.1) is 6.20 Å². The lowest BCUT2D eigenvalue weighted by molar-refractivity contribution is 0.0945. The van der Waals surface area contributed by atoms with Crippen LogP contribution in [0, 0.1) is 5.92 Å². The number of nitrogens with two attached hydrogens (primary N) is 1. The molecule has 0 aromatic carbocycles. The first kappa shape index (κ1) is 10.8. The van der Waals surface area contributed by atoms with Crippen LogP contribution in [-0.2, 0) is 0 Å². The zero-order chi connectivity index (χ0) is 11.8. The fourth-order valence-corrected chi connectivity index (χ4v) is 2.01. The molecular weight excluding hydrogens is 216 g/mol. The van der Waals surface area contributed by atoms with E-state index in [1.54, 1.807) is 6.20 Å². The third-order valence-electron chi connectivity index (χ3n) is 3.53. The molecule has 17 heavy (non-hydrogen) atoms. The maximum atomic E-state index is 11.8. The number of H-pyrrole nitrogens is 1. The van der Waals surface area contributed by atoms with Gasteiger partial charge >= 0.3 is 0 Å². The smallest absolute Gasteiger partial charge is 0.269 e. The van der Waals surface area contributed by atoms with Crippen LogP contribution in [-0.4, -0.2) is 28.5 Å². The van der Waals surface area contributed by atoms with Gasteiger partial charge in [-0.2, -0.15) is 0 Å². The van der Waals surface area contributed by atoms with E-state index in [2.05, 4.69) is 15.3 Å². The molecule has 3 rings (SSSR count). The first-order valence-corrected chi connectivity index (χ1v) is 6.32. The second-order valence-electron chi connectivity index (χ2n) is 5.17. The summed E-state index contributed by atoms with van der Waals surface area (Å²) in [5.74, 6) is 2.01. The Labute approximate surface area is 100 Å². The zero-order valence-electron chi connectivity index (χ0n) is 9.78. The molecule has 0 bridgehead atoms. The van der Waals surface area contributed by atoms with Crippen LogP contribution >= 0.6 is 0 Å². The monoisotopic (exact) mass is 234 g/mol. The molecule has 1 heterocycles. The largest absolute Gasteiger partial charge is 0.349 e. The summed E-state index contributed by atoms with van der Waals surface area (Å²) in [6.45, 7) is 0.557. The van der Waals surface area contributed by atoms with E-state index in [9.17, 15) is 4.79 Å². The summed E-state index contributed by atoms with van der Waals surface area (Å²) in [6, 6.07) is 0.102. The van der Waals surface area contributed by atoms with Gasteiger partial charge in [0.2, 0.25) is 0 Å². The first-order valence-electron chi connectivity index (χ1n) is 6.32. The van der Waals surface area contributed by atoms with E-state index < -0.39 is 0 Å². The average Bonchev–Trinajstić information content (AvgIpc) is 3.23. The number of nitrogens with one attached hydrogen (secondary N) is 2. The maximum Gasteiger partial charge on any atom is 0.269 e. The molecule has 0 spiro atoms. The Kier molecular flexibility index (Phi) is 2.63. The third kappa shape index (κ3) is 2.49. The predicted octanol–water partition coefficient (Wildman–Crippen LogP) is 0.754. The zero-order valence-corrected chi connectivity index (χ0v) is 9.78. The number of aromatic amines is 1. The number of aromatic nitrogens is 2. The normalized spacial score (nSPS) is 21.2. The van der Waals surface area contributed by atoms with Crippen LogP contribution in [0.25, 0.3) is 0 Å². The van der Waals surface area contributed by atoms with Crippen molar-refractivity contribution in [3.05, 3.63) is 17.7 Å². The summed E-state index contributed by atoms with van der Waals surface area (Å²) in [4.78, 5) is 19.1. The molecule has 2 saturated carbocycles. The number of amides is 1. The Morgan fingerprint density at radius 2 is 2.29 bits per heavy atom. The number of carbonyl (C=O) groups excluding carboxylic acids is 1. The minimum atomic E-state index is -0.0968. The number of carbonyl (C=O) groups is 1. The molecule has 2 aliphatic rings. The van der Waals surface area contributed by atoms with Crippen molar-refractivity contribution in [2.75, 3.05) is 6.54 Å². The van der Waals surface area contributed by atoms with Crippen LogP contribution in [0.2, 0.25) is 0 Å². The molecular formula is C12H18N4O. The predicted molar refractivity (Wildman–Crippen MR) is 63.6 cm³/mol. The van der Waals surface area contributed by atoms with Crippen LogP contribution < -0.4 is 11.1 Å². The van der Waals surface area contributed by atoms with E-state index in [0.29, 0.717) is 24.1 Å². The van der Waals surface area contributed by atoms with E-state index >= 15 is 0 Å². The number of imidazole rings is 1. The molecule has 1 unspecified atom stereocenters. The summed E-state index contributed by atoms with van der Waals surface area (Å²) in [5.41, 5.74) is 6.48. The Morgan fingerprint density at radius 3 is 2.94 bits per heavy atom. The van der Waals surface area contributed by atoms with Crippen molar-refractivity contribution in [1.29, 1.82) is 0 Å². The molecule has 1 aromatic heterocycles. The van der Waals surface area contributed by atoms with Crippen molar-refractivity contribution in [3.63, 3.8) is 0 Å². The fraction of sp³-hybridized carbons (Fsp3) is 0.667. The molecule has 2 aliphatic carbocycles. The van der Waals surface area contributed by atoms with Gasteiger partial charge in [0.25, 0.3) is 5.91 Å². The van der Waals surface area contributed by atoms with Crippen molar-refractivity contribution in [3.8, 4) is 0 Å². The van der Waals surface area contributed by atoms with Gasteiger partial charge in [-0.25, -0.2) is 4.98 Å². The van der Waals surface area contributed by atoms with Crippen molar-refractivity contribution in [1.82, 2.24) is 15.3 Å². The summed E-state index contributed by atoms with van der Waals surface area (Å²) >= 11 is 0. The molecule has 4 N–H and O–H groups in total. The van der Waals surface area contributed by atoms with Gasteiger partial charge in [0, 0.05) is 18.5 Å². The van der Waals surface area contributed by atoms with E-state index in [1.165, 1.54) is 25.7 Å². The molecule has 2 fully saturated rings. The molecule has 5 nitrogen and oxygen atoms in total. The van der Waals surface area contributed by atoms with Gasteiger partial charge < -0.3 is 16.0 Å². The maximum absolute atomic E-state index is 11.8. The molecule has 92 valence electrons. The first-order chi connectivity index (χ1) is 8.24. The van der Waals surface area contributed by atoms with Gasteiger partial charge in [-0.05, 0) is 31.6 Å². The molecule has 0 radical (unpaired) electrons. The van der Waals surface area contributed by atoms with Crippen LogP contribution in [0.1, 0.15) is 47.9 Å². The summed E-state index contributed by atoms with van der Waals surface area (Å²) in [7, 11) is 0.